The molecular formula is C16H28N2O2S. The predicted octanol–water partition coefficient (Wildman–Crippen LogP) is 3.59. The molecule has 0 bridgehead atoms. The van der Waals surface area contributed by atoms with Crippen LogP contribution >= 0.6 is 0 Å². The molecule has 1 aromatic carbocycles. The topological polar surface area (TPSA) is 58.2 Å². The van der Waals surface area contributed by atoms with Crippen molar-refractivity contribution in [1.82, 2.24) is 4.72 Å². The summed E-state index contributed by atoms with van der Waals surface area (Å²) >= 11 is 0. The quantitative estimate of drug-likeness (QED) is 0.771. The van der Waals surface area contributed by atoms with Crippen molar-refractivity contribution in [3.8, 4) is 0 Å². The van der Waals surface area contributed by atoms with E-state index in [0.717, 1.165) is 42.6 Å². The largest absolute Gasteiger partial charge is 0.385 e. The Morgan fingerprint density at radius 1 is 1.05 bits per heavy atom. The highest BCUT2D eigenvalue weighted by atomic mass is 32.2. The van der Waals surface area contributed by atoms with E-state index in [4.69, 9.17) is 0 Å². The van der Waals surface area contributed by atoms with Crippen LogP contribution in [-0.2, 0) is 10.0 Å². The zero-order chi connectivity index (χ0) is 16.0. The standard InChI is InChI=1S/C16H28N2O2S/c1-6-9-17-15-10-12(4)16(13(5)11-15)21(19,20)18-14(7-2)8-3/h10-11,14,17-18H,6-9H2,1-5H3. The summed E-state index contributed by atoms with van der Waals surface area (Å²) in [5.41, 5.74) is 2.55. The summed E-state index contributed by atoms with van der Waals surface area (Å²) in [6, 6.07) is 3.81. The van der Waals surface area contributed by atoms with E-state index in [9.17, 15) is 8.42 Å². The molecule has 0 fully saturated rings. The molecule has 0 unspecified atom stereocenters. The van der Waals surface area contributed by atoms with E-state index in [1.807, 2.05) is 39.8 Å². The Morgan fingerprint density at radius 3 is 2.00 bits per heavy atom. The maximum absolute atomic E-state index is 12.6. The Hall–Kier alpha value is -1.07. The van der Waals surface area contributed by atoms with Gasteiger partial charge in [-0.3, -0.25) is 0 Å². The molecule has 0 amide bonds. The number of aryl methyl sites for hydroxylation is 2. The second-order valence-corrected chi connectivity index (χ2v) is 7.15. The number of nitrogens with one attached hydrogen (secondary N) is 2. The highest BCUT2D eigenvalue weighted by molar-refractivity contribution is 7.89. The van der Waals surface area contributed by atoms with Crippen LogP contribution in [0.15, 0.2) is 17.0 Å². The van der Waals surface area contributed by atoms with Gasteiger partial charge in [0.1, 0.15) is 0 Å². The third-order valence-electron chi connectivity index (χ3n) is 3.62. The summed E-state index contributed by atoms with van der Waals surface area (Å²) in [7, 11) is -3.46. The first-order chi connectivity index (χ1) is 9.85. The van der Waals surface area contributed by atoms with Crippen LogP contribution in [-0.4, -0.2) is 21.0 Å². The molecule has 0 spiro atoms. The smallest absolute Gasteiger partial charge is 0.241 e. The van der Waals surface area contributed by atoms with E-state index in [-0.39, 0.29) is 6.04 Å². The van der Waals surface area contributed by atoms with Crippen LogP contribution in [0.25, 0.3) is 0 Å². The fourth-order valence-electron chi connectivity index (χ4n) is 2.48. The Morgan fingerprint density at radius 2 is 1.57 bits per heavy atom. The molecule has 1 aromatic rings. The second-order valence-electron chi connectivity index (χ2n) is 5.50. The molecule has 0 radical (unpaired) electrons. The maximum atomic E-state index is 12.6. The normalized spacial score (nSPS) is 11.9. The van der Waals surface area contributed by atoms with Crippen LogP contribution in [0.1, 0.15) is 51.2 Å². The lowest BCUT2D eigenvalue weighted by Crippen LogP contribution is -2.34. The summed E-state index contributed by atoms with van der Waals surface area (Å²) in [5.74, 6) is 0. The van der Waals surface area contributed by atoms with Gasteiger partial charge in [-0.1, -0.05) is 20.8 Å². The van der Waals surface area contributed by atoms with Gasteiger partial charge in [-0.15, -0.1) is 0 Å². The molecule has 0 heterocycles. The summed E-state index contributed by atoms with van der Waals surface area (Å²) in [6.45, 7) is 10.7. The molecule has 2 N–H and O–H groups in total. The minimum absolute atomic E-state index is 0.00769. The van der Waals surface area contributed by atoms with Crippen molar-refractivity contribution >= 4 is 15.7 Å². The highest BCUT2D eigenvalue weighted by Gasteiger charge is 2.22. The van der Waals surface area contributed by atoms with Crippen LogP contribution in [0, 0.1) is 13.8 Å². The molecule has 120 valence electrons. The van der Waals surface area contributed by atoms with Crippen molar-refractivity contribution < 1.29 is 8.42 Å². The molecule has 0 atom stereocenters. The van der Waals surface area contributed by atoms with Crippen molar-refractivity contribution in [1.29, 1.82) is 0 Å². The van der Waals surface area contributed by atoms with E-state index in [1.54, 1.807) is 0 Å². The monoisotopic (exact) mass is 312 g/mol. The number of anilines is 1. The third kappa shape index (κ3) is 4.71. The average molecular weight is 312 g/mol. The van der Waals surface area contributed by atoms with Gasteiger partial charge < -0.3 is 5.32 Å². The van der Waals surface area contributed by atoms with Gasteiger partial charge in [0, 0.05) is 18.3 Å². The van der Waals surface area contributed by atoms with E-state index < -0.39 is 10.0 Å². The van der Waals surface area contributed by atoms with Crippen molar-refractivity contribution in [2.75, 3.05) is 11.9 Å². The zero-order valence-electron chi connectivity index (χ0n) is 13.8. The Balaban J connectivity index is 3.12. The minimum atomic E-state index is -3.46. The Labute approximate surface area is 129 Å². The SMILES string of the molecule is CCCNc1cc(C)c(S(=O)(=O)NC(CC)CC)c(C)c1. The van der Waals surface area contributed by atoms with Crippen LogP contribution in [0.4, 0.5) is 5.69 Å². The third-order valence-corrected chi connectivity index (χ3v) is 5.44. The van der Waals surface area contributed by atoms with Crippen molar-refractivity contribution in [2.24, 2.45) is 0 Å². The van der Waals surface area contributed by atoms with Gasteiger partial charge in [0.15, 0.2) is 0 Å². The lowest BCUT2D eigenvalue weighted by molar-refractivity contribution is 0.529. The maximum Gasteiger partial charge on any atom is 0.241 e. The molecule has 0 aliphatic heterocycles. The van der Waals surface area contributed by atoms with Gasteiger partial charge >= 0.3 is 0 Å². The van der Waals surface area contributed by atoms with Crippen LogP contribution < -0.4 is 10.0 Å². The summed E-state index contributed by atoms with van der Waals surface area (Å²) < 4.78 is 28.0. The molecule has 5 heteroatoms. The van der Waals surface area contributed by atoms with E-state index >= 15 is 0 Å². The van der Waals surface area contributed by atoms with E-state index in [0.29, 0.717) is 4.90 Å². The van der Waals surface area contributed by atoms with Gasteiger partial charge in [-0.2, -0.15) is 0 Å². The lowest BCUT2D eigenvalue weighted by Gasteiger charge is -2.19. The molecule has 4 nitrogen and oxygen atoms in total. The Kier molecular flexibility index (Phi) is 6.68. The zero-order valence-corrected chi connectivity index (χ0v) is 14.6. The van der Waals surface area contributed by atoms with E-state index in [2.05, 4.69) is 17.0 Å². The van der Waals surface area contributed by atoms with Crippen molar-refractivity contribution in [2.45, 2.75) is 64.8 Å². The molecule has 21 heavy (non-hydrogen) atoms. The molecule has 0 saturated carbocycles. The number of rotatable bonds is 8. The molecule has 1 rings (SSSR count). The first-order valence-corrected chi connectivity index (χ1v) is 9.21. The average Bonchev–Trinajstić information content (AvgIpc) is 2.41. The molecule has 0 aromatic heterocycles. The molecule has 0 aliphatic rings. The molecule has 0 saturated heterocycles. The minimum Gasteiger partial charge on any atom is -0.385 e. The second kappa shape index (κ2) is 7.80. The fraction of sp³-hybridized carbons (Fsp3) is 0.625. The van der Waals surface area contributed by atoms with Gasteiger partial charge in [0.05, 0.1) is 4.90 Å². The van der Waals surface area contributed by atoms with Crippen molar-refractivity contribution in [3.05, 3.63) is 23.3 Å². The fourth-order valence-corrected chi connectivity index (χ4v) is 4.33. The number of sulfonamides is 1. The number of hydrogen-bond donors (Lipinski definition) is 2. The van der Waals surface area contributed by atoms with Gasteiger partial charge in [-0.05, 0) is 56.4 Å². The van der Waals surface area contributed by atoms with Gasteiger partial charge in [0.2, 0.25) is 10.0 Å². The van der Waals surface area contributed by atoms with Crippen LogP contribution in [0.2, 0.25) is 0 Å². The number of hydrogen-bond acceptors (Lipinski definition) is 3. The highest BCUT2D eigenvalue weighted by Crippen LogP contribution is 2.25. The van der Waals surface area contributed by atoms with Crippen molar-refractivity contribution in [3.63, 3.8) is 0 Å². The van der Waals surface area contributed by atoms with Crippen LogP contribution in [0.5, 0.6) is 0 Å². The van der Waals surface area contributed by atoms with Gasteiger partial charge in [0.25, 0.3) is 0 Å². The predicted molar refractivity (Wildman–Crippen MR) is 89.4 cm³/mol. The summed E-state index contributed by atoms with van der Waals surface area (Å²) in [4.78, 5) is 0.413. The lowest BCUT2D eigenvalue weighted by atomic mass is 10.1. The summed E-state index contributed by atoms with van der Waals surface area (Å²) in [5, 5.41) is 3.30. The summed E-state index contributed by atoms with van der Waals surface area (Å²) in [6.07, 6.45) is 2.63. The molecule has 0 aliphatic carbocycles. The Bertz CT molecular complexity index is 541. The molecular weight excluding hydrogens is 284 g/mol. The van der Waals surface area contributed by atoms with Gasteiger partial charge in [-0.25, -0.2) is 13.1 Å². The number of benzene rings is 1. The first-order valence-electron chi connectivity index (χ1n) is 7.73. The first kappa shape index (κ1) is 18.0. The van der Waals surface area contributed by atoms with Crippen LogP contribution in [0.3, 0.4) is 0 Å². The van der Waals surface area contributed by atoms with E-state index in [1.165, 1.54) is 0 Å².